The van der Waals surface area contributed by atoms with Crippen LogP contribution < -0.4 is 5.32 Å². The zero-order valence-electron chi connectivity index (χ0n) is 15.5. The average Bonchev–Trinajstić information content (AvgIpc) is 3.36. The van der Waals surface area contributed by atoms with Crippen LogP contribution in [0.1, 0.15) is 44.7 Å². The number of amides is 1. The van der Waals surface area contributed by atoms with E-state index in [0.717, 1.165) is 19.4 Å². The summed E-state index contributed by atoms with van der Waals surface area (Å²) < 4.78 is 0. The van der Waals surface area contributed by atoms with E-state index >= 15 is 0 Å². The molecule has 0 aliphatic heterocycles. The van der Waals surface area contributed by atoms with Gasteiger partial charge in [-0.15, -0.1) is 0 Å². The Kier molecular flexibility index (Phi) is 4.96. The van der Waals surface area contributed by atoms with Gasteiger partial charge in [-0.05, 0) is 44.7 Å². The Morgan fingerprint density at radius 1 is 1.00 bits per heavy atom. The Hall–Kier alpha value is -2.13. The molecule has 0 bridgehead atoms. The monoisotopic (exact) mass is 336 g/mol. The largest absolute Gasteiger partial charge is 0.350 e. The fraction of sp³-hybridized carbons (Fsp3) is 0.409. The molecule has 0 aromatic heterocycles. The van der Waals surface area contributed by atoms with Gasteiger partial charge in [0, 0.05) is 17.6 Å². The van der Waals surface area contributed by atoms with Gasteiger partial charge in [0.2, 0.25) is 5.91 Å². The smallest absolute Gasteiger partial charge is 0.234 e. The molecule has 2 aromatic rings. The second kappa shape index (κ2) is 7.01. The van der Waals surface area contributed by atoms with E-state index in [-0.39, 0.29) is 17.0 Å². The minimum atomic E-state index is -0.209. The fourth-order valence-electron chi connectivity index (χ4n) is 3.45. The van der Waals surface area contributed by atoms with E-state index in [9.17, 15) is 4.79 Å². The highest BCUT2D eigenvalue weighted by molar-refractivity contribution is 5.79. The highest BCUT2D eigenvalue weighted by atomic mass is 16.2. The van der Waals surface area contributed by atoms with Gasteiger partial charge in [0.25, 0.3) is 0 Å². The van der Waals surface area contributed by atoms with Crippen molar-refractivity contribution in [1.82, 2.24) is 10.2 Å². The van der Waals surface area contributed by atoms with Gasteiger partial charge < -0.3 is 5.32 Å². The van der Waals surface area contributed by atoms with Crippen LogP contribution in [0.2, 0.25) is 0 Å². The zero-order valence-corrected chi connectivity index (χ0v) is 15.5. The van der Waals surface area contributed by atoms with Crippen molar-refractivity contribution in [3.8, 4) is 0 Å². The fourth-order valence-corrected chi connectivity index (χ4v) is 3.45. The maximum absolute atomic E-state index is 12.6. The SMILES string of the molecule is CC(C)(C)NC(=O)CN(Cc1ccccc1)C1(c2ccccc2)CC1. The summed E-state index contributed by atoms with van der Waals surface area (Å²) in [6.45, 7) is 7.28. The summed E-state index contributed by atoms with van der Waals surface area (Å²) in [5.41, 5.74) is 2.34. The van der Waals surface area contributed by atoms with Gasteiger partial charge in [0.15, 0.2) is 0 Å². The maximum Gasteiger partial charge on any atom is 0.234 e. The van der Waals surface area contributed by atoms with Crippen molar-refractivity contribution in [2.24, 2.45) is 0 Å². The van der Waals surface area contributed by atoms with Crippen LogP contribution in [0.15, 0.2) is 60.7 Å². The normalized spacial score (nSPS) is 15.8. The number of nitrogens with zero attached hydrogens (tertiary/aromatic N) is 1. The molecule has 132 valence electrons. The molecule has 3 heteroatoms. The summed E-state index contributed by atoms with van der Waals surface area (Å²) >= 11 is 0. The molecule has 25 heavy (non-hydrogen) atoms. The summed E-state index contributed by atoms with van der Waals surface area (Å²) in [5, 5.41) is 3.11. The molecule has 0 radical (unpaired) electrons. The first-order valence-corrected chi connectivity index (χ1v) is 9.05. The van der Waals surface area contributed by atoms with E-state index in [4.69, 9.17) is 0 Å². The first-order chi connectivity index (χ1) is 11.9. The molecule has 3 rings (SSSR count). The van der Waals surface area contributed by atoms with E-state index in [2.05, 4.69) is 58.7 Å². The molecule has 1 amide bonds. The zero-order chi connectivity index (χ0) is 17.9. The van der Waals surface area contributed by atoms with Crippen LogP contribution in [0.3, 0.4) is 0 Å². The number of hydrogen-bond donors (Lipinski definition) is 1. The standard InChI is InChI=1S/C22H28N2O/c1-21(2,3)23-20(25)17-24(16-18-10-6-4-7-11-18)22(14-15-22)19-12-8-5-9-13-19/h4-13H,14-17H2,1-3H3,(H,23,25). The van der Waals surface area contributed by atoms with Gasteiger partial charge in [-0.1, -0.05) is 60.7 Å². The Labute approximate surface area is 151 Å². The third kappa shape index (κ3) is 4.49. The molecule has 1 aliphatic carbocycles. The number of rotatable bonds is 6. The van der Waals surface area contributed by atoms with Crippen molar-refractivity contribution >= 4 is 5.91 Å². The van der Waals surface area contributed by atoms with Crippen molar-refractivity contribution in [2.75, 3.05) is 6.54 Å². The molecule has 1 N–H and O–H groups in total. The lowest BCUT2D eigenvalue weighted by molar-refractivity contribution is -0.124. The molecule has 0 heterocycles. The van der Waals surface area contributed by atoms with Crippen LogP contribution in [0, 0.1) is 0 Å². The van der Waals surface area contributed by atoms with Crippen LogP contribution in [0.5, 0.6) is 0 Å². The summed E-state index contributed by atoms with van der Waals surface area (Å²) in [4.78, 5) is 15.0. The van der Waals surface area contributed by atoms with Gasteiger partial charge in [-0.25, -0.2) is 0 Å². The van der Waals surface area contributed by atoms with Gasteiger partial charge in [0.1, 0.15) is 0 Å². The third-order valence-electron chi connectivity index (χ3n) is 4.71. The second-order valence-electron chi connectivity index (χ2n) is 8.04. The lowest BCUT2D eigenvalue weighted by Crippen LogP contribution is -2.48. The topological polar surface area (TPSA) is 32.3 Å². The van der Waals surface area contributed by atoms with E-state index in [1.807, 2.05) is 32.9 Å². The first-order valence-electron chi connectivity index (χ1n) is 9.05. The van der Waals surface area contributed by atoms with Gasteiger partial charge in [0.05, 0.1) is 6.54 Å². The molecular formula is C22H28N2O. The predicted octanol–water partition coefficient (Wildman–Crippen LogP) is 4.09. The molecule has 0 saturated heterocycles. The molecule has 0 atom stereocenters. The number of benzene rings is 2. The number of hydrogen-bond acceptors (Lipinski definition) is 2. The van der Waals surface area contributed by atoms with Crippen LogP contribution >= 0.6 is 0 Å². The average molecular weight is 336 g/mol. The quantitative estimate of drug-likeness (QED) is 0.861. The van der Waals surface area contributed by atoms with Crippen molar-refractivity contribution in [2.45, 2.75) is 51.2 Å². The molecule has 0 spiro atoms. The Morgan fingerprint density at radius 2 is 1.56 bits per heavy atom. The van der Waals surface area contributed by atoms with Gasteiger partial charge >= 0.3 is 0 Å². The lowest BCUT2D eigenvalue weighted by atomic mass is 10.0. The van der Waals surface area contributed by atoms with Crippen molar-refractivity contribution in [1.29, 1.82) is 0 Å². The summed E-state index contributed by atoms with van der Waals surface area (Å²) in [7, 11) is 0. The van der Waals surface area contributed by atoms with Crippen LogP contribution in [-0.2, 0) is 16.9 Å². The molecule has 2 aromatic carbocycles. The Morgan fingerprint density at radius 3 is 2.08 bits per heavy atom. The first kappa shape index (κ1) is 17.7. The summed E-state index contributed by atoms with van der Waals surface area (Å²) in [6.07, 6.45) is 2.21. The minimum Gasteiger partial charge on any atom is -0.350 e. The molecular weight excluding hydrogens is 308 g/mol. The van der Waals surface area contributed by atoms with Crippen molar-refractivity contribution < 1.29 is 4.79 Å². The molecule has 0 unspecified atom stereocenters. The summed E-state index contributed by atoms with van der Waals surface area (Å²) in [6, 6.07) is 21.0. The van der Waals surface area contributed by atoms with E-state index in [1.165, 1.54) is 11.1 Å². The number of nitrogens with one attached hydrogen (secondary N) is 1. The Bertz CT molecular complexity index is 700. The maximum atomic E-state index is 12.6. The Balaban J connectivity index is 1.83. The van der Waals surface area contributed by atoms with Crippen LogP contribution in [0.4, 0.5) is 0 Å². The number of carbonyl (C=O) groups excluding carboxylic acids is 1. The minimum absolute atomic E-state index is 0.00761. The lowest BCUT2D eigenvalue weighted by Gasteiger charge is -2.33. The van der Waals surface area contributed by atoms with E-state index in [1.54, 1.807) is 0 Å². The molecule has 1 fully saturated rings. The molecule has 1 aliphatic rings. The third-order valence-corrected chi connectivity index (χ3v) is 4.71. The van der Waals surface area contributed by atoms with Crippen LogP contribution in [-0.4, -0.2) is 22.9 Å². The highest BCUT2D eigenvalue weighted by Gasteiger charge is 2.49. The van der Waals surface area contributed by atoms with E-state index in [0.29, 0.717) is 6.54 Å². The van der Waals surface area contributed by atoms with Gasteiger partial charge in [-0.3, -0.25) is 9.69 Å². The second-order valence-corrected chi connectivity index (χ2v) is 8.04. The van der Waals surface area contributed by atoms with E-state index < -0.39 is 0 Å². The molecule has 3 nitrogen and oxygen atoms in total. The van der Waals surface area contributed by atoms with Crippen molar-refractivity contribution in [3.05, 3.63) is 71.8 Å². The van der Waals surface area contributed by atoms with Crippen molar-refractivity contribution in [3.63, 3.8) is 0 Å². The summed E-state index contributed by atoms with van der Waals surface area (Å²) in [5.74, 6) is 0.0886. The molecule has 1 saturated carbocycles. The highest BCUT2D eigenvalue weighted by Crippen LogP contribution is 2.51. The predicted molar refractivity (Wildman–Crippen MR) is 102 cm³/mol. The number of carbonyl (C=O) groups is 1. The van der Waals surface area contributed by atoms with Gasteiger partial charge in [-0.2, -0.15) is 0 Å². The van der Waals surface area contributed by atoms with Crippen LogP contribution in [0.25, 0.3) is 0 Å².